The van der Waals surface area contributed by atoms with Crippen LogP contribution in [0.25, 0.3) is 11.0 Å². The van der Waals surface area contributed by atoms with Crippen molar-refractivity contribution in [1.29, 1.82) is 0 Å². The van der Waals surface area contributed by atoms with Crippen LogP contribution in [0.3, 0.4) is 0 Å². The molecule has 3 aromatic rings. The molecule has 0 bridgehead atoms. The molecule has 1 N–H and O–H groups in total. The third-order valence-electron chi connectivity index (χ3n) is 6.38. The van der Waals surface area contributed by atoms with Gasteiger partial charge in [-0.15, -0.1) is 0 Å². The summed E-state index contributed by atoms with van der Waals surface area (Å²) in [6.07, 6.45) is 1.31. The molecule has 1 aromatic heterocycles. The fraction of sp³-hybridized carbons (Fsp3) is 0.444. The van der Waals surface area contributed by atoms with E-state index in [1.165, 1.54) is 0 Å². The van der Waals surface area contributed by atoms with Crippen LogP contribution < -0.4 is 4.72 Å². The monoisotopic (exact) mass is 513 g/mol. The number of fused-ring (bicyclic) bond motifs is 1. The topological polar surface area (TPSA) is 92.1 Å². The predicted octanol–water partition coefficient (Wildman–Crippen LogP) is 5.37. The number of benzene rings is 2. The van der Waals surface area contributed by atoms with E-state index in [1.807, 2.05) is 45.9 Å². The fourth-order valence-electron chi connectivity index (χ4n) is 4.61. The molecule has 36 heavy (non-hydrogen) atoms. The van der Waals surface area contributed by atoms with Gasteiger partial charge in [0.1, 0.15) is 11.2 Å². The van der Waals surface area contributed by atoms with Gasteiger partial charge < -0.3 is 14.1 Å². The lowest BCUT2D eigenvalue weighted by Gasteiger charge is -2.44. The van der Waals surface area contributed by atoms with E-state index in [0.29, 0.717) is 30.9 Å². The van der Waals surface area contributed by atoms with Crippen molar-refractivity contribution in [2.24, 2.45) is 0 Å². The molecule has 2 atom stereocenters. The number of hydrogen-bond acceptors (Lipinski definition) is 6. The highest BCUT2D eigenvalue weighted by molar-refractivity contribution is 7.92. The van der Waals surface area contributed by atoms with Gasteiger partial charge in [-0.25, -0.2) is 13.2 Å². The van der Waals surface area contributed by atoms with E-state index in [9.17, 15) is 13.2 Å². The molecule has 1 saturated heterocycles. The fourth-order valence-corrected chi connectivity index (χ4v) is 5.90. The predicted molar refractivity (Wildman–Crippen MR) is 140 cm³/mol. The van der Waals surface area contributed by atoms with Crippen molar-refractivity contribution in [3.05, 3.63) is 59.9 Å². The molecule has 194 valence electrons. The number of carbonyl (C=O) groups is 1. The zero-order valence-corrected chi connectivity index (χ0v) is 22.6. The molecule has 1 aliphatic heterocycles. The summed E-state index contributed by atoms with van der Waals surface area (Å²) < 4.78 is 40.3. The number of hydrogen-bond donors (Lipinski definition) is 1. The number of nitrogens with zero attached hydrogens (tertiary/aromatic N) is 2. The quantitative estimate of drug-likeness (QED) is 0.493. The molecule has 2 aromatic carbocycles. The number of carbonyl (C=O) groups excluding carboxylic acids is 1. The van der Waals surface area contributed by atoms with E-state index in [1.54, 1.807) is 42.4 Å². The Balaban J connectivity index is 1.56. The molecule has 1 amide bonds. The molecular formula is C27H35N3O5S. The van der Waals surface area contributed by atoms with Gasteiger partial charge in [0.05, 0.1) is 16.8 Å². The van der Waals surface area contributed by atoms with Crippen molar-refractivity contribution in [3.8, 4) is 0 Å². The lowest BCUT2D eigenvalue weighted by Crippen LogP contribution is -2.58. The number of rotatable bonds is 5. The third-order valence-corrected chi connectivity index (χ3v) is 7.92. The van der Waals surface area contributed by atoms with Crippen LogP contribution >= 0.6 is 0 Å². The first-order chi connectivity index (χ1) is 16.8. The van der Waals surface area contributed by atoms with Gasteiger partial charge in [0.2, 0.25) is 0 Å². The van der Waals surface area contributed by atoms with E-state index in [4.69, 9.17) is 9.15 Å². The Morgan fingerprint density at radius 1 is 1.11 bits per heavy atom. The standard InChI is InChI=1S/C27H35N3O5S/c1-18-9-7-8-10-24(18)36(32,33)28-23-13-21-11-12-34-25(21)22(14-23)17-29-15-20(3)30(16-19(29)2)26(31)35-27(4,5)6/h7-14,19-20,28H,15-17H2,1-6H3/t19-,20+/m1/s1. The maximum atomic E-state index is 13.1. The van der Waals surface area contributed by atoms with Crippen LogP contribution in [0.15, 0.2) is 58.0 Å². The van der Waals surface area contributed by atoms with E-state index >= 15 is 0 Å². The van der Waals surface area contributed by atoms with Crippen molar-refractivity contribution >= 4 is 32.8 Å². The van der Waals surface area contributed by atoms with E-state index in [2.05, 4.69) is 16.5 Å². The van der Waals surface area contributed by atoms with Crippen LogP contribution in [0, 0.1) is 6.92 Å². The Kier molecular flexibility index (Phi) is 7.07. The number of sulfonamides is 1. The molecule has 0 radical (unpaired) electrons. The minimum atomic E-state index is -3.75. The number of furan rings is 1. The molecule has 1 fully saturated rings. The maximum Gasteiger partial charge on any atom is 0.410 e. The Labute approximate surface area is 213 Å². The first kappa shape index (κ1) is 26.0. The molecular weight excluding hydrogens is 478 g/mol. The molecule has 9 heteroatoms. The number of piperazine rings is 1. The van der Waals surface area contributed by atoms with Crippen molar-refractivity contribution in [2.75, 3.05) is 17.8 Å². The van der Waals surface area contributed by atoms with Gasteiger partial charge in [-0.1, -0.05) is 18.2 Å². The largest absolute Gasteiger partial charge is 0.464 e. The highest BCUT2D eigenvalue weighted by Gasteiger charge is 2.34. The van der Waals surface area contributed by atoms with Gasteiger partial charge in [-0.3, -0.25) is 9.62 Å². The van der Waals surface area contributed by atoms with Crippen LogP contribution in [0.5, 0.6) is 0 Å². The smallest absolute Gasteiger partial charge is 0.410 e. The first-order valence-electron chi connectivity index (χ1n) is 12.2. The molecule has 4 rings (SSSR count). The van der Waals surface area contributed by atoms with Gasteiger partial charge in [-0.2, -0.15) is 0 Å². The second-order valence-corrected chi connectivity index (χ2v) is 12.3. The highest BCUT2D eigenvalue weighted by Crippen LogP contribution is 2.30. The van der Waals surface area contributed by atoms with Crippen LogP contribution in [0.1, 0.15) is 45.7 Å². The van der Waals surface area contributed by atoms with E-state index in [-0.39, 0.29) is 23.1 Å². The normalized spacial score (nSPS) is 19.4. The minimum Gasteiger partial charge on any atom is -0.464 e. The Morgan fingerprint density at radius 3 is 2.53 bits per heavy atom. The molecule has 0 unspecified atom stereocenters. The van der Waals surface area contributed by atoms with Gasteiger partial charge in [0.25, 0.3) is 10.0 Å². The summed E-state index contributed by atoms with van der Waals surface area (Å²) in [5, 5.41) is 0.822. The zero-order valence-electron chi connectivity index (χ0n) is 21.7. The molecule has 8 nitrogen and oxygen atoms in total. The lowest BCUT2D eigenvalue weighted by atomic mass is 10.1. The number of nitrogens with one attached hydrogen (secondary N) is 1. The second kappa shape index (κ2) is 9.78. The van der Waals surface area contributed by atoms with Crippen LogP contribution in [0.4, 0.5) is 10.5 Å². The maximum absolute atomic E-state index is 13.1. The van der Waals surface area contributed by atoms with Gasteiger partial charge in [-0.05, 0) is 71.4 Å². The van der Waals surface area contributed by atoms with Crippen LogP contribution in [-0.4, -0.2) is 55.1 Å². The Morgan fingerprint density at radius 2 is 1.83 bits per heavy atom. The summed E-state index contributed by atoms with van der Waals surface area (Å²) >= 11 is 0. The summed E-state index contributed by atoms with van der Waals surface area (Å²) in [6.45, 7) is 13.2. The molecule has 0 saturated carbocycles. The SMILES string of the molecule is Cc1ccccc1S(=O)(=O)Nc1cc(CN2C[C@H](C)N(C(=O)OC(C)(C)C)C[C@H]2C)c2occc2c1. The number of anilines is 1. The molecule has 0 aliphatic carbocycles. The summed E-state index contributed by atoms with van der Waals surface area (Å²) in [5.41, 5.74) is 2.22. The third kappa shape index (κ3) is 5.68. The van der Waals surface area contributed by atoms with E-state index < -0.39 is 15.6 Å². The number of ether oxygens (including phenoxy) is 1. The molecule has 1 aliphatic rings. The van der Waals surface area contributed by atoms with Crippen LogP contribution in [-0.2, 0) is 21.3 Å². The van der Waals surface area contributed by atoms with Crippen molar-refractivity contribution in [2.45, 2.75) is 70.7 Å². The van der Waals surface area contributed by atoms with Crippen molar-refractivity contribution < 1.29 is 22.4 Å². The Bertz CT molecular complexity index is 1360. The number of aryl methyl sites for hydroxylation is 1. The van der Waals surface area contributed by atoms with Crippen molar-refractivity contribution in [3.63, 3.8) is 0 Å². The summed E-state index contributed by atoms with van der Waals surface area (Å²) in [6, 6.07) is 12.4. The van der Waals surface area contributed by atoms with Crippen molar-refractivity contribution in [1.82, 2.24) is 9.80 Å². The van der Waals surface area contributed by atoms with Gasteiger partial charge in [0.15, 0.2) is 0 Å². The first-order valence-corrected chi connectivity index (χ1v) is 13.6. The van der Waals surface area contributed by atoms with Gasteiger partial charge in [0, 0.05) is 42.7 Å². The Hall–Kier alpha value is -3.04. The second-order valence-electron chi connectivity index (χ2n) is 10.6. The average molecular weight is 514 g/mol. The zero-order chi connectivity index (χ0) is 26.3. The molecule has 0 spiro atoms. The average Bonchev–Trinajstić information content (AvgIpc) is 3.23. The van der Waals surface area contributed by atoms with Gasteiger partial charge >= 0.3 is 6.09 Å². The summed E-state index contributed by atoms with van der Waals surface area (Å²) in [4.78, 5) is 17.0. The molecule has 2 heterocycles. The minimum absolute atomic E-state index is 0.0362. The summed E-state index contributed by atoms with van der Waals surface area (Å²) in [7, 11) is -3.75. The van der Waals surface area contributed by atoms with Crippen LogP contribution in [0.2, 0.25) is 0 Å². The van der Waals surface area contributed by atoms with E-state index in [0.717, 1.165) is 16.5 Å². The lowest BCUT2D eigenvalue weighted by molar-refractivity contribution is -0.0116. The summed E-state index contributed by atoms with van der Waals surface area (Å²) in [5.74, 6) is 0. The highest BCUT2D eigenvalue weighted by atomic mass is 32.2. The number of amides is 1.